The summed E-state index contributed by atoms with van der Waals surface area (Å²) in [6.45, 7) is 2.26. The van der Waals surface area contributed by atoms with Gasteiger partial charge in [0.05, 0.1) is 22.1 Å². The molecular formula is C24H26FN7O4S. The highest BCUT2D eigenvalue weighted by atomic mass is 32.2. The summed E-state index contributed by atoms with van der Waals surface area (Å²) in [5, 5.41) is 10.5. The number of nitrogens with zero attached hydrogens (tertiary/aromatic N) is 4. The van der Waals surface area contributed by atoms with Gasteiger partial charge in [-0.1, -0.05) is 0 Å². The van der Waals surface area contributed by atoms with Crippen LogP contribution in [0.4, 0.5) is 15.8 Å². The molecule has 1 amide bonds. The van der Waals surface area contributed by atoms with Gasteiger partial charge >= 0.3 is 6.01 Å². The van der Waals surface area contributed by atoms with Gasteiger partial charge in [0, 0.05) is 54.2 Å². The molecule has 2 atom stereocenters. The number of amides is 1. The predicted octanol–water partition coefficient (Wildman–Crippen LogP) is 2.23. The van der Waals surface area contributed by atoms with Crippen molar-refractivity contribution in [1.29, 1.82) is 0 Å². The number of halogens is 1. The van der Waals surface area contributed by atoms with Gasteiger partial charge in [0.15, 0.2) is 15.7 Å². The van der Waals surface area contributed by atoms with Crippen LogP contribution in [0.5, 0.6) is 6.01 Å². The van der Waals surface area contributed by atoms with Gasteiger partial charge in [0.1, 0.15) is 12.1 Å². The second-order valence-electron chi connectivity index (χ2n) is 9.18. The smallest absolute Gasteiger partial charge is 0.316 e. The Morgan fingerprint density at radius 2 is 2.14 bits per heavy atom. The van der Waals surface area contributed by atoms with E-state index in [2.05, 4.69) is 25.7 Å². The molecule has 0 radical (unpaired) electrons. The quantitative estimate of drug-likeness (QED) is 0.313. The van der Waals surface area contributed by atoms with Gasteiger partial charge in [0.2, 0.25) is 0 Å². The molecule has 5 rings (SSSR count). The van der Waals surface area contributed by atoms with E-state index in [-0.39, 0.29) is 46.7 Å². The summed E-state index contributed by atoms with van der Waals surface area (Å²) in [7, 11) is -1.45. The van der Waals surface area contributed by atoms with E-state index in [1.165, 1.54) is 16.9 Å². The second kappa shape index (κ2) is 9.56. The lowest BCUT2D eigenvalue weighted by Crippen LogP contribution is -2.41. The van der Waals surface area contributed by atoms with E-state index in [1.54, 1.807) is 31.4 Å². The van der Waals surface area contributed by atoms with Crippen molar-refractivity contribution in [3.05, 3.63) is 48.0 Å². The van der Waals surface area contributed by atoms with Crippen LogP contribution in [0, 0.1) is 5.82 Å². The molecule has 1 saturated heterocycles. The highest BCUT2D eigenvalue weighted by Crippen LogP contribution is 2.29. The van der Waals surface area contributed by atoms with Gasteiger partial charge in [0.25, 0.3) is 5.91 Å². The minimum absolute atomic E-state index is 0.0455. The van der Waals surface area contributed by atoms with Gasteiger partial charge in [-0.05, 0) is 37.6 Å². The van der Waals surface area contributed by atoms with E-state index in [4.69, 9.17) is 10.5 Å². The molecule has 0 aliphatic carbocycles. The molecule has 4 N–H and O–H groups in total. The van der Waals surface area contributed by atoms with Crippen LogP contribution in [-0.4, -0.2) is 64.3 Å². The average molecular weight is 528 g/mol. The number of hydrogen-bond acceptors (Lipinski definition) is 9. The molecule has 1 aliphatic heterocycles. The van der Waals surface area contributed by atoms with Crippen molar-refractivity contribution < 1.29 is 22.3 Å². The van der Waals surface area contributed by atoms with Crippen LogP contribution in [0.15, 0.2) is 36.7 Å². The fraction of sp³-hybridized carbons (Fsp3) is 0.333. The first-order valence-corrected chi connectivity index (χ1v) is 13.4. The maximum Gasteiger partial charge on any atom is 0.316 e. The molecule has 4 aromatic rings. The van der Waals surface area contributed by atoms with Crippen LogP contribution < -0.4 is 21.1 Å². The zero-order chi connectivity index (χ0) is 26.3. The largest absolute Gasteiger partial charge is 0.462 e. The van der Waals surface area contributed by atoms with Crippen molar-refractivity contribution >= 4 is 48.9 Å². The zero-order valence-electron chi connectivity index (χ0n) is 20.2. The molecule has 2 aromatic heterocycles. The number of carbonyl (C=O) groups excluding carboxylic acids is 1. The maximum atomic E-state index is 14.5. The summed E-state index contributed by atoms with van der Waals surface area (Å²) in [6.07, 6.45) is 3.68. The Balaban J connectivity index is 1.48. The number of nitrogens with one attached hydrogen (secondary N) is 2. The lowest BCUT2D eigenvalue weighted by atomic mass is 10.1. The summed E-state index contributed by atoms with van der Waals surface area (Å²) in [4.78, 5) is 21.9. The number of sulfone groups is 1. The first kappa shape index (κ1) is 24.8. The normalized spacial score (nSPS) is 17.4. The Kier molecular flexibility index (Phi) is 6.42. The molecule has 37 heavy (non-hydrogen) atoms. The predicted molar refractivity (Wildman–Crippen MR) is 138 cm³/mol. The van der Waals surface area contributed by atoms with E-state index in [1.807, 2.05) is 6.92 Å². The van der Waals surface area contributed by atoms with Crippen molar-refractivity contribution in [2.45, 2.75) is 24.6 Å². The third-order valence-electron chi connectivity index (χ3n) is 6.15. The molecule has 13 heteroatoms. The Morgan fingerprint density at radius 1 is 1.32 bits per heavy atom. The fourth-order valence-electron chi connectivity index (χ4n) is 4.10. The SMILES string of the molecule is C[C@H](N)CNc1ccc(C(=O)Nc2cc(F)c3nn(C)cc3c2)c2nc(OCC3CCS3(=O)=O)ncc12. The second-order valence-corrected chi connectivity index (χ2v) is 11.6. The number of aryl methyl sites for hydroxylation is 1. The highest BCUT2D eigenvalue weighted by molar-refractivity contribution is 7.93. The minimum Gasteiger partial charge on any atom is -0.462 e. The third kappa shape index (κ3) is 5.04. The van der Waals surface area contributed by atoms with Crippen LogP contribution in [0.2, 0.25) is 0 Å². The van der Waals surface area contributed by atoms with E-state index in [0.29, 0.717) is 29.4 Å². The molecule has 2 aromatic carbocycles. The Hall–Kier alpha value is -3.84. The molecule has 0 spiro atoms. The number of benzene rings is 2. The van der Waals surface area contributed by atoms with Crippen LogP contribution in [0.25, 0.3) is 21.8 Å². The number of rotatable bonds is 8. The minimum atomic E-state index is -3.13. The van der Waals surface area contributed by atoms with Crippen molar-refractivity contribution in [1.82, 2.24) is 19.7 Å². The summed E-state index contributed by atoms with van der Waals surface area (Å²) < 4.78 is 45.3. The van der Waals surface area contributed by atoms with Crippen molar-refractivity contribution in [2.24, 2.45) is 12.8 Å². The number of fused-ring (bicyclic) bond motifs is 2. The highest BCUT2D eigenvalue weighted by Gasteiger charge is 2.36. The summed E-state index contributed by atoms with van der Waals surface area (Å²) >= 11 is 0. The van der Waals surface area contributed by atoms with Crippen molar-refractivity contribution in [3.63, 3.8) is 0 Å². The van der Waals surface area contributed by atoms with E-state index in [9.17, 15) is 17.6 Å². The van der Waals surface area contributed by atoms with Crippen LogP contribution in [0.3, 0.4) is 0 Å². The molecule has 1 unspecified atom stereocenters. The third-order valence-corrected chi connectivity index (χ3v) is 8.34. The molecule has 3 heterocycles. The molecule has 0 saturated carbocycles. The van der Waals surface area contributed by atoms with Crippen molar-refractivity contribution in [2.75, 3.05) is 29.5 Å². The number of anilines is 2. The maximum absolute atomic E-state index is 14.5. The summed E-state index contributed by atoms with van der Waals surface area (Å²) in [6, 6.07) is 5.98. The van der Waals surface area contributed by atoms with Crippen LogP contribution in [0.1, 0.15) is 23.7 Å². The van der Waals surface area contributed by atoms with E-state index in [0.717, 1.165) is 0 Å². The van der Waals surface area contributed by atoms with Crippen molar-refractivity contribution in [3.8, 4) is 6.01 Å². The first-order chi connectivity index (χ1) is 17.6. The monoisotopic (exact) mass is 527 g/mol. The Bertz CT molecular complexity index is 1620. The van der Waals surface area contributed by atoms with Gasteiger partial charge in [-0.3, -0.25) is 9.48 Å². The molecule has 0 bridgehead atoms. The molecule has 1 fully saturated rings. The zero-order valence-corrected chi connectivity index (χ0v) is 21.0. The number of nitrogens with two attached hydrogens (primary N) is 1. The van der Waals surface area contributed by atoms with Gasteiger partial charge < -0.3 is 21.1 Å². The summed E-state index contributed by atoms with van der Waals surface area (Å²) in [5.74, 6) is -0.931. The number of ether oxygens (including phenoxy) is 1. The van der Waals surface area contributed by atoms with Gasteiger partial charge in [-0.15, -0.1) is 0 Å². The summed E-state index contributed by atoms with van der Waals surface area (Å²) in [5.41, 5.74) is 7.50. The lowest BCUT2D eigenvalue weighted by Gasteiger charge is -2.25. The number of hydrogen-bond donors (Lipinski definition) is 3. The van der Waals surface area contributed by atoms with Crippen LogP contribution >= 0.6 is 0 Å². The molecular weight excluding hydrogens is 501 g/mol. The fourth-order valence-corrected chi connectivity index (χ4v) is 5.32. The lowest BCUT2D eigenvalue weighted by molar-refractivity contribution is 0.102. The van der Waals surface area contributed by atoms with E-state index >= 15 is 0 Å². The standard InChI is InChI=1S/C24H26FN7O4S/c1-13(26)9-27-20-4-3-17(23(33)29-15-7-14-11-32(2)31-21(14)19(25)8-15)22-18(20)10-28-24(30-22)36-12-16-5-6-37(16,34)35/h3-4,7-8,10-11,13,16,27H,5-6,9,12,26H2,1-2H3,(H,29,33)/t13-,16?/m0/s1. The average Bonchev–Trinajstić information content (AvgIpc) is 3.22. The van der Waals surface area contributed by atoms with Gasteiger partial charge in [-0.2, -0.15) is 10.1 Å². The topological polar surface area (TPSA) is 154 Å². The molecule has 194 valence electrons. The molecule has 1 aliphatic rings. The Morgan fingerprint density at radius 3 is 2.84 bits per heavy atom. The number of carbonyl (C=O) groups is 1. The Labute approximate surface area is 212 Å². The van der Waals surface area contributed by atoms with E-state index < -0.39 is 26.8 Å². The number of aromatic nitrogens is 4. The first-order valence-electron chi connectivity index (χ1n) is 11.7. The molecule has 11 nitrogen and oxygen atoms in total. The van der Waals surface area contributed by atoms with Gasteiger partial charge in [-0.25, -0.2) is 17.8 Å². The van der Waals surface area contributed by atoms with Crippen LogP contribution in [-0.2, 0) is 16.9 Å².